The van der Waals surface area contributed by atoms with Gasteiger partial charge in [0.1, 0.15) is 10.6 Å². The Kier molecular flexibility index (Phi) is 7.78. The number of phenols is 1. The number of benzene rings is 3. The third-order valence-corrected chi connectivity index (χ3v) is 5.73. The molecule has 0 aliphatic carbocycles. The molecule has 0 unspecified atom stereocenters. The van der Waals surface area contributed by atoms with Crippen LogP contribution in [-0.4, -0.2) is 66.5 Å². The summed E-state index contributed by atoms with van der Waals surface area (Å²) in [4.78, 5) is 10.0. The number of hydrogen-bond acceptors (Lipinski definition) is 8. The molecule has 4 N–H and O–H groups in total. The number of nitrogens with zero attached hydrogens (tertiary/aromatic N) is 2. The predicted octanol–water partition coefficient (Wildman–Crippen LogP) is 2.76. The van der Waals surface area contributed by atoms with E-state index >= 15 is 0 Å². The molecule has 11 nitrogen and oxygen atoms in total. The average Bonchev–Trinajstić information content (AvgIpc) is 2.65. The van der Waals surface area contributed by atoms with Gasteiger partial charge >= 0.3 is 29.6 Å². The first-order valence-electron chi connectivity index (χ1n) is 8.41. The van der Waals surface area contributed by atoms with E-state index in [2.05, 4.69) is 15.5 Å². The van der Waals surface area contributed by atoms with Gasteiger partial charge in [-0.25, -0.2) is 0 Å². The molecule has 0 aliphatic rings. The van der Waals surface area contributed by atoms with Gasteiger partial charge in [0.15, 0.2) is 5.75 Å². The van der Waals surface area contributed by atoms with Gasteiger partial charge in [-0.2, -0.15) is 21.9 Å². The minimum absolute atomic E-state index is 0. The van der Waals surface area contributed by atoms with Crippen LogP contribution in [0.1, 0.15) is 6.92 Å². The molecule has 0 spiro atoms. The Labute approximate surface area is 205 Å². The van der Waals surface area contributed by atoms with Crippen LogP contribution >= 0.6 is 0 Å². The Morgan fingerprint density at radius 1 is 0.938 bits per heavy atom. The van der Waals surface area contributed by atoms with Crippen LogP contribution in [0.3, 0.4) is 0 Å². The van der Waals surface area contributed by atoms with Crippen LogP contribution in [-0.2, 0) is 25.0 Å². The first kappa shape index (κ1) is 25.9. The molecule has 3 rings (SSSR count). The molecule has 0 saturated heterocycles. The fourth-order valence-electron chi connectivity index (χ4n) is 2.79. The van der Waals surface area contributed by atoms with Crippen molar-refractivity contribution < 1.29 is 35.8 Å². The summed E-state index contributed by atoms with van der Waals surface area (Å²) in [5.41, 5.74) is -0.565. The number of amides is 1. The second-order valence-corrected chi connectivity index (χ2v) is 9.12. The summed E-state index contributed by atoms with van der Waals surface area (Å²) in [5.74, 6) is -1.44. The van der Waals surface area contributed by atoms with E-state index < -0.39 is 47.4 Å². The Morgan fingerprint density at radius 3 is 2.09 bits per heavy atom. The molecule has 0 aliphatic heterocycles. The predicted molar refractivity (Wildman–Crippen MR) is 117 cm³/mol. The first-order chi connectivity index (χ1) is 14.4. The third-order valence-electron chi connectivity index (χ3n) is 4.03. The second-order valence-electron chi connectivity index (χ2n) is 6.31. The monoisotopic (exact) mass is 489 g/mol. The standard InChI is InChI=1S/C18H15N3O8S2.Na.H/c1-10(22)19-14-9-13(30(24,25)26)7-11-8-15(31(27,28)29)17(18(23)16(11)14)21-20-12-5-3-2-4-6-12;;/h2-9,23H,1H3,(H,19,22)(H,24,25,26)(H,27,28,29);;. The van der Waals surface area contributed by atoms with Gasteiger partial charge in [0.2, 0.25) is 5.91 Å². The molecular weight excluding hydrogens is 473 g/mol. The maximum atomic E-state index is 11.9. The summed E-state index contributed by atoms with van der Waals surface area (Å²) < 4.78 is 66.0. The van der Waals surface area contributed by atoms with E-state index in [1.54, 1.807) is 30.3 Å². The maximum absolute atomic E-state index is 11.9. The van der Waals surface area contributed by atoms with Crippen LogP contribution in [0.25, 0.3) is 10.8 Å². The Bertz CT molecular complexity index is 1440. The summed E-state index contributed by atoms with van der Waals surface area (Å²) in [6, 6.07) is 10.7. The van der Waals surface area contributed by atoms with Gasteiger partial charge < -0.3 is 10.4 Å². The van der Waals surface area contributed by atoms with E-state index in [0.717, 1.165) is 25.1 Å². The molecular formula is C18H16N3NaO8S2. The van der Waals surface area contributed by atoms with Crippen molar-refractivity contribution in [3.05, 3.63) is 48.5 Å². The molecule has 0 heterocycles. The minimum atomic E-state index is -4.95. The van der Waals surface area contributed by atoms with Crippen molar-refractivity contribution in [1.82, 2.24) is 0 Å². The van der Waals surface area contributed by atoms with Crippen molar-refractivity contribution in [3.63, 3.8) is 0 Å². The molecule has 1 amide bonds. The fraction of sp³-hybridized carbons (Fsp3) is 0.0556. The molecule has 164 valence electrons. The van der Waals surface area contributed by atoms with Crippen molar-refractivity contribution in [2.75, 3.05) is 5.32 Å². The van der Waals surface area contributed by atoms with Gasteiger partial charge in [-0.3, -0.25) is 13.9 Å². The number of phenolic OH excluding ortho intramolecular Hbond substituents is 1. The van der Waals surface area contributed by atoms with E-state index in [-0.39, 0.29) is 46.0 Å². The first-order valence-corrected chi connectivity index (χ1v) is 11.3. The SMILES string of the molecule is CC(=O)Nc1cc(S(=O)(=O)O)cc2cc(S(=O)(=O)O)c(N=Nc3ccccc3)c(O)c12.[NaH]. The summed E-state index contributed by atoms with van der Waals surface area (Å²) in [6.07, 6.45) is 0. The zero-order chi connectivity index (χ0) is 23.0. The Balaban J connectivity index is 0.00000363. The summed E-state index contributed by atoms with van der Waals surface area (Å²) >= 11 is 0. The van der Waals surface area contributed by atoms with Gasteiger partial charge in [0.25, 0.3) is 20.2 Å². The van der Waals surface area contributed by atoms with E-state index in [9.17, 15) is 35.8 Å². The zero-order valence-electron chi connectivity index (χ0n) is 15.7. The number of hydrogen-bond donors (Lipinski definition) is 4. The molecule has 0 fully saturated rings. The van der Waals surface area contributed by atoms with E-state index in [0.29, 0.717) is 5.69 Å². The van der Waals surface area contributed by atoms with Gasteiger partial charge in [-0.05, 0) is 35.7 Å². The molecule has 3 aromatic rings. The molecule has 0 bridgehead atoms. The summed E-state index contributed by atoms with van der Waals surface area (Å²) in [5, 5.41) is 20.2. The van der Waals surface area contributed by atoms with Crippen LogP contribution < -0.4 is 5.32 Å². The summed E-state index contributed by atoms with van der Waals surface area (Å²) in [6.45, 7) is 1.12. The quantitative estimate of drug-likeness (QED) is 0.239. The Hall–Kier alpha value is -2.39. The molecule has 14 heteroatoms. The van der Waals surface area contributed by atoms with Gasteiger partial charge in [0, 0.05) is 12.3 Å². The van der Waals surface area contributed by atoms with Crippen molar-refractivity contribution in [2.24, 2.45) is 10.2 Å². The van der Waals surface area contributed by atoms with Crippen molar-refractivity contribution in [1.29, 1.82) is 0 Å². The normalized spacial score (nSPS) is 12.0. The average molecular weight is 489 g/mol. The number of carbonyl (C=O) groups excluding carboxylic acids is 1. The summed E-state index contributed by atoms with van der Waals surface area (Å²) in [7, 11) is -9.71. The van der Waals surface area contributed by atoms with E-state index in [1.165, 1.54) is 0 Å². The van der Waals surface area contributed by atoms with Gasteiger partial charge in [-0.15, -0.1) is 5.11 Å². The molecule has 0 atom stereocenters. The number of rotatable bonds is 5. The van der Waals surface area contributed by atoms with Crippen LogP contribution in [0.15, 0.2) is 68.6 Å². The third kappa shape index (κ3) is 5.69. The molecule has 0 radical (unpaired) electrons. The van der Waals surface area contributed by atoms with Crippen LogP contribution in [0.5, 0.6) is 5.75 Å². The van der Waals surface area contributed by atoms with Gasteiger partial charge in [0.05, 0.1) is 16.3 Å². The second kappa shape index (κ2) is 9.62. The topological polar surface area (TPSA) is 183 Å². The molecule has 0 saturated carbocycles. The number of aromatic hydroxyl groups is 1. The van der Waals surface area contributed by atoms with E-state index in [1.807, 2.05) is 0 Å². The molecule has 3 aromatic carbocycles. The van der Waals surface area contributed by atoms with Crippen LogP contribution in [0.4, 0.5) is 17.1 Å². The van der Waals surface area contributed by atoms with Crippen molar-refractivity contribution in [2.45, 2.75) is 16.7 Å². The Morgan fingerprint density at radius 2 is 1.56 bits per heavy atom. The number of anilines is 1. The molecule has 0 aromatic heterocycles. The van der Waals surface area contributed by atoms with Crippen LogP contribution in [0, 0.1) is 0 Å². The van der Waals surface area contributed by atoms with Crippen molar-refractivity contribution >= 4 is 83.5 Å². The van der Waals surface area contributed by atoms with E-state index in [4.69, 9.17) is 0 Å². The number of fused-ring (bicyclic) bond motifs is 1. The number of nitrogens with one attached hydrogen (secondary N) is 1. The fourth-order valence-corrected chi connectivity index (χ4v) is 3.99. The van der Waals surface area contributed by atoms with Gasteiger partial charge in [-0.1, -0.05) is 18.2 Å². The zero-order valence-corrected chi connectivity index (χ0v) is 17.3. The number of azo groups is 1. The molecule has 32 heavy (non-hydrogen) atoms. The van der Waals surface area contributed by atoms with Crippen molar-refractivity contribution in [3.8, 4) is 5.75 Å². The number of carbonyl (C=O) groups is 1. The van der Waals surface area contributed by atoms with Crippen LogP contribution in [0.2, 0.25) is 0 Å².